The fourth-order valence-corrected chi connectivity index (χ4v) is 2.68. The zero-order chi connectivity index (χ0) is 29.3. The molecular weight excluding hydrogens is 548 g/mol. The fourth-order valence-electron chi connectivity index (χ4n) is 2.68. The Labute approximate surface area is 232 Å². The minimum Gasteiger partial charge on any atom is -0.376 e. The standard InChI is InChI=1S/C18H32N18O5/c1-39-6-24-16-32-12(31-13(33-16)22-4-37)21-3-20-11-28-10(19)29-15(30-11)26-8-41-9-27-18-35-14(23-5-38)34-17(36-18)25-7-40-2/h37-38H,3-9H2,1-2H3,(H4,19,20,26,28,29,30)(H3,21,22,24,31,32,33)(H3,23,25,27,34,35,36). The number of anilines is 9. The van der Waals surface area contributed by atoms with Crippen LogP contribution in [0.1, 0.15) is 0 Å². The summed E-state index contributed by atoms with van der Waals surface area (Å²) < 4.78 is 15.4. The van der Waals surface area contributed by atoms with Gasteiger partial charge in [-0.15, -0.1) is 0 Å². The van der Waals surface area contributed by atoms with Gasteiger partial charge in [-0.3, -0.25) is 0 Å². The minimum atomic E-state index is -0.362. The number of nitrogens with one attached hydrogen (secondary N) is 8. The van der Waals surface area contributed by atoms with Gasteiger partial charge in [0.1, 0.15) is 40.4 Å². The molecule has 3 heterocycles. The average molecular weight is 581 g/mol. The van der Waals surface area contributed by atoms with Crippen molar-refractivity contribution >= 4 is 53.5 Å². The number of aliphatic hydroxyl groups is 2. The summed E-state index contributed by atoms with van der Waals surface area (Å²) in [5, 5.41) is 40.6. The SMILES string of the molecule is COCNc1nc(NCO)nc(NCNc2nc(N)nc(NCOCNc3nc(NCO)nc(NCOC)n3)n2)n1. The van der Waals surface area contributed by atoms with Crippen LogP contribution in [0.5, 0.6) is 0 Å². The van der Waals surface area contributed by atoms with Crippen molar-refractivity contribution in [1.29, 1.82) is 0 Å². The first-order valence-electron chi connectivity index (χ1n) is 11.7. The van der Waals surface area contributed by atoms with Crippen LogP contribution in [0.25, 0.3) is 0 Å². The summed E-state index contributed by atoms with van der Waals surface area (Å²) >= 11 is 0. The van der Waals surface area contributed by atoms with Gasteiger partial charge in [-0.25, -0.2) is 0 Å². The maximum Gasteiger partial charge on any atom is 0.231 e. The van der Waals surface area contributed by atoms with Gasteiger partial charge < -0.3 is 72.7 Å². The number of nitrogen functional groups attached to an aromatic ring is 1. The molecule has 3 rings (SSSR count). The van der Waals surface area contributed by atoms with E-state index < -0.39 is 0 Å². The molecule has 3 aromatic rings. The number of aliphatic hydroxyl groups excluding tert-OH is 2. The molecule has 0 unspecified atom stereocenters. The van der Waals surface area contributed by atoms with E-state index in [4.69, 9.17) is 30.2 Å². The first-order valence-corrected chi connectivity index (χ1v) is 11.7. The molecule has 0 aromatic carbocycles. The molecule has 0 aliphatic carbocycles. The summed E-state index contributed by atoms with van der Waals surface area (Å²) in [6, 6.07) is 0. The van der Waals surface area contributed by atoms with E-state index in [0.717, 1.165) is 0 Å². The normalized spacial score (nSPS) is 10.5. The number of nitrogens with zero attached hydrogens (tertiary/aromatic N) is 9. The Kier molecular flexibility index (Phi) is 12.6. The quantitative estimate of drug-likeness (QED) is 0.0486. The smallest absolute Gasteiger partial charge is 0.231 e. The van der Waals surface area contributed by atoms with Gasteiger partial charge in [0.05, 0.1) is 6.67 Å². The highest BCUT2D eigenvalue weighted by atomic mass is 16.5. The van der Waals surface area contributed by atoms with E-state index in [0.29, 0.717) is 0 Å². The highest BCUT2D eigenvalue weighted by Gasteiger charge is 2.09. The zero-order valence-corrected chi connectivity index (χ0v) is 22.2. The predicted molar refractivity (Wildman–Crippen MR) is 146 cm³/mol. The van der Waals surface area contributed by atoms with Gasteiger partial charge in [-0.05, 0) is 0 Å². The van der Waals surface area contributed by atoms with Gasteiger partial charge >= 0.3 is 0 Å². The van der Waals surface area contributed by atoms with Crippen LogP contribution in [-0.2, 0) is 14.2 Å². The van der Waals surface area contributed by atoms with E-state index in [2.05, 4.69) is 87.4 Å². The Morgan fingerprint density at radius 3 is 1.20 bits per heavy atom. The number of ether oxygens (including phenoxy) is 3. The Morgan fingerprint density at radius 2 is 0.805 bits per heavy atom. The van der Waals surface area contributed by atoms with Crippen LogP contribution in [0.4, 0.5) is 53.5 Å². The number of hydrogen-bond acceptors (Lipinski definition) is 23. The van der Waals surface area contributed by atoms with Gasteiger partial charge in [0.15, 0.2) is 0 Å². The van der Waals surface area contributed by atoms with Crippen molar-refractivity contribution in [3.63, 3.8) is 0 Å². The third kappa shape index (κ3) is 11.0. The second kappa shape index (κ2) is 16.9. The highest BCUT2D eigenvalue weighted by Crippen LogP contribution is 2.11. The Balaban J connectivity index is 1.48. The van der Waals surface area contributed by atoms with Crippen molar-refractivity contribution in [2.75, 3.05) is 110 Å². The van der Waals surface area contributed by atoms with E-state index in [-0.39, 0.29) is 101 Å². The Hall–Kier alpha value is -4.97. The van der Waals surface area contributed by atoms with E-state index in [1.54, 1.807) is 0 Å². The summed E-state index contributed by atoms with van der Waals surface area (Å²) in [6.07, 6.45) is 0. The van der Waals surface area contributed by atoms with Crippen molar-refractivity contribution in [3.8, 4) is 0 Å². The third-order valence-corrected chi connectivity index (χ3v) is 4.30. The maximum absolute atomic E-state index is 9.10. The van der Waals surface area contributed by atoms with Gasteiger partial charge in [0.2, 0.25) is 53.5 Å². The molecule has 0 fully saturated rings. The number of aromatic nitrogens is 9. The highest BCUT2D eigenvalue weighted by molar-refractivity contribution is 5.44. The maximum atomic E-state index is 9.10. The third-order valence-electron chi connectivity index (χ3n) is 4.30. The number of hydrogen-bond donors (Lipinski definition) is 11. The van der Waals surface area contributed by atoms with Gasteiger partial charge in [0, 0.05) is 14.2 Å². The number of rotatable bonds is 20. The second-order valence-electron chi connectivity index (χ2n) is 7.22. The lowest BCUT2D eigenvalue weighted by Crippen LogP contribution is -2.20. The molecule has 0 radical (unpaired) electrons. The van der Waals surface area contributed by atoms with E-state index in [1.807, 2.05) is 0 Å². The lowest BCUT2D eigenvalue weighted by Gasteiger charge is -2.12. The summed E-state index contributed by atoms with van der Waals surface area (Å²) in [7, 11) is 3.03. The molecule has 0 bridgehead atoms. The monoisotopic (exact) mass is 580 g/mol. The molecule has 224 valence electrons. The molecule has 0 aliphatic rings. The molecule has 23 nitrogen and oxygen atoms in total. The molecule has 12 N–H and O–H groups in total. The first-order chi connectivity index (χ1) is 20.0. The average Bonchev–Trinajstić information content (AvgIpc) is 2.95. The number of methoxy groups -OCH3 is 2. The van der Waals surface area contributed by atoms with Gasteiger partial charge in [-0.2, -0.15) is 44.9 Å². The van der Waals surface area contributed by atoms with Crippen molar-refractivity contribution in [1.82, 2.24) is 44.9 Å². The fraction of sp³-hybridized carbons (Fsp3) is 0.500. The second-order valence-corrected chi connectivity index (χ2v) is 7.22. The van der Waals surface area contributed by atoms with E-state index in [1.165, 1.54) is 14.2 Å². The Morgan fingerprint density at radius 1 is 0.488 bits per heavy atom. The summed E-state index contributed by atoms with van der Waals surface area (Å²) in [6.45, 7) is -0.252. The summed E-state index contributed by atoms with van der Waals surface area (Å²) in [5.74, 6) is 1.43. The lowest BCUT2D eigenvalue weighted by atomic mass is 10.7. The molecule has 0 saturated heterocycles. The van der Waals surface area contributed by atoms with Crippen molar-refractivity contribution in [2.24, 2.45) is 0 Å². The van der Waals surface area contributed by atoms with Gasteiger partial charge in [-0.1, -0.05) is 0 Å². The van der Waals surface area contributed by atoms with Crippen LogP contribution in [0.3, 0.4) is 0 Å². The van der Waals surface area contributed by atoms with Crippen molar-refractivity contribution < 1.29 is 24.4 Å². The van der Waals surface area contributed by atoms with E-state index >= 15 is 0 Å². The molecule has 0 spiro atoms. The molecule has 0 saturated carbocycles. The molecule has 3 aromatic heterocycles. The van der Waals surface area contributed by atoms with Crippen molar-refractivity contribution in [2.45, 2.75) is 0 Å². The summed E-state index contributed by atoms with van der Waals surface area (Å²) in [5.41, 5.74) is 5.79. The van der Waals surface area contributed by atoms with Crippen LogP contribution < -0.4 is 48.3 Å². The van der Waals surface area contributed by atoms with Crippen LogP contribution in [0.15, 0.2) is 0 Å². The van der Waals surface area contributed by atoms with Gasteiger partial charge in [0.25, 0.3) is 0 Å². The molecular formula is C18H32N18O5. The van der Waals surface area contributed by atoms with Crippen LogP contribution in [-0.4, -0.2) is 116 Å². The molecule has 23 heteroatoms. The first kappa shape index (κ1) is 30.6. The van der Waals surface area contributed by atoms with Crippen LogP contribution in [0, 0.1) is 0 Å². The zero-order valence-electron chi connectivity index (χ0n) is 22.2. The van der Waals surface area contributed by atoms with Crippen LogP contribution in [0.2, 0.25) is 0 Å². The van der Waals surface area contributed by atoms with Crippen molar-refractivity contribution in [3.05, 3.63) is 0 Å². The molecule has 0 aliphatic heterocycles. The number of nitrogens with two attached hydrogens (primary N) is 1. The topological polar surface area (TPSA) is 306 Å². The van der Waals surface area contributed by atoms with E-state index in [9.17, 15) is 0 Å². The predicted octanol–water partition coefficient (Wildman–Crippen LogP) is -2.48. The molecule has 41 heavy (non-hydrogen) atoms. The molecule has 0 atom stereocenters. The largest absolute Gasteiger partial charge is 0.376 e. The summed E-state index contributed by atoms with van der Waals surface area (Å²) in [4.78, 5) is 37.0. The van der Waals surface area contributed by atoms with Crippen LogP contribution >= 0.6 is 0 Å². The minimum absolute atomic E-state index is 0.00149. The Bertz CT molecular complexity index is 1210. The lowest BCUT2D eigenvalue weighted by molar-refractivity contribution is 0.170. The molecule has 0 amide bonds.